The van der Waals surface area contributed by atoms with Crippen LogP contribution in [0.5, 0.6) is 0 Å². The van der Waals surface area contributed by atoms with Crippen LogP contribution in [0.25, 0.3) is 0 Å². The maximum absolute atomic E-state index is 12.2. The number of sulfone groups is 1. The summed E-state index contributed by atoms with van der Waals surface area (Å²) >= 11 is 0. The first-order chi connectivity index (χ1) is 11.0. The number of carbonyl (C=O) groups is 1. The van der Waals surface area contributed by atoms with Crippen LogP contribution in [0.15, 0.2) is 35.2 Å². The summed E-state index contributed by atoms with van der Waals surface area (Å²) in [6.45, 7) is 0.436. The van der Waals surface area contributed by atoms with Crippen LogP contribution in [-0.2, 0) is 16.4 Å². The molecule has 2 N–H and O–H groups in total. The van der Waals surface area contributed by atoms with Gasteiger partial charge in [0.05, 0.1) is 24.3 Å². The number of amides is 1. The molecular formula is C14H16N4O4S. The second kappa shape index (κ2) is 6.37. The third kappa shape index (κ3) is 4.07. The average molecular weight is 336 g/mol. The number of aromatic nitrogens is 2. The minimum absolute atomic E-state index is 0.0204. The van der Waals surface area contributed by atoms with E-state index in [2.05, 4.69) is 20.6 Å². The van der Waals surface area contributed by atoms with Crippen LogP contribution < -0.4 is 10.6 Å². The van der Waals surface area contributed by atoms with Crippen LogP contribution in [0, 0.1) is 0 Å². The number of carbonyl (C=O) groups excluding carboxylic acids is 1. The normalized spacial score (nSPS) is 19.4. The molecule has 0 aromatic carbocycles. The van der Waals surface area contributed by atoms with Crippen LogP contribution in [0.2, 0.25) is 0 Å². The summed E-state index contributed by atoms with van der Waals surface area (Å²) < 4.78 is 28.0. The molecule has 0 saturated carbocycles. The molecule has 9 heteroatoms. The third-order valence-electron chi connectivity index (χ3n) is 3.49. The topological polar surface area (TPSA) is 114 Å². The molecule has 1 atom stereocenters. The number of anilines is 1. The van der Waals surface area contributed by atoms with Gasteiger partial charge in [0.1, 0.15) is 23.6 Å². The highest BCUT2D eigenvalue weighted by Crippen LogP contribution is 2.13. The van der Waals surface area contributed by atoms with E-state index >= 15 is 0 Å². The van der Waals surface area contributed by atoms with E-state index in [4.69, 9.17) is 4.42 Å². The lowest BCUT2D eigenvalue weighted by Crippen LogP contribution is -2.36. The maximum atomic E-state index is 12.2. The molecule has 1 saturated heterocycles. The van der Waals surface area contributed by atoms with Gasteiger partial charge in [-0.3, -0.25) is 4.79 Å². The molecule has 23 heavy (non-hydrogen) atoms. The minimum atomic E-state index is -3.04. The van der Waals surface area contributed by atoms with Crippen molar-refractivity contribution in [3.8, 4) is 0 Å². The van der Waals surface area contributed by atoms with Gasteiger partial charge in [-0.25, -0.2) is 18.4 Å². The number of furan rings is 1. The van der Waals surface area contributed by atoms with E-state index in [1.54, 1.807) is 12.3 Å². The Morgan fingerprint density at radius 3 is 2.96 bits per heavy atom. The SMILES string of the molecule is O=C(NC1CCS(=O)(=O)C1)c1cc(NCc2ccco2)ncn1. The number of rotatable bonds is 5. The average Bonchev–Trinajstić information content (AvgIpc) is 3.15. The number of hydrogen-bond acceptors (Lipinski definition) is 7. The Kier molecular flexibility index (Phi) is 4.28. The molecule has 0 radical (unpaired) electrons. The third-order valence-corrected chi connectivity index (χ3v) is 5.26. The molecule has 1 aliphatic rings. The molecule has 1 unspecified atom stereocenters. The number of hydrogen-bond donors (Lipinski definition) is 2. The summed E-state index contributed by atoms with van der Waals surface area (Å²) in [6.07, 6.45) is 3.29. The highest BCUT2D eigenvalue weighted by Gasteiger charge is 2.29. The van der Waals surface area contributed by atoms with Gasteiger partial charge in [0.25, 0.3) is 5.91 Å². The maximum Gasteiger partial charge on any atom is 0.270 e. The second-order valence-corrected chi connectivity index (χ2v) is 7.52. The molecule has 0 spiro atoms. The largest absolute Gasteiger partial charge is 0.467 e. The highest BCUT2D eigenvalue weighted by molar-refractivity contribution is 7.91. The van der Waals surface area contributed by atoms with Crippen LogP contribution in [0.3, 0.4) is 0 Å². The fourth-order valence-corrected chi connectivity index (χ4v) is 4.01. The molecule has 122 valence electrons. The Balaban J connectivity index is 1.61. The molecule has 0 aliphatic carbocycles. The van der Waals surface area contributed by atoms with Crippen molar-refractivity contribution in [2.24, 2.45) is 0 Å². The van der Waals surface area contributed by atoms with E-state index in [9.17, 15) is 13.2 Å². The van der Waals surface area contributed by atoms with Gasteiger partial charge in [0.15, 0.2) is 9.84 Å². The van der Waals surface area contributed by atoms with Crippen LogP contribution in [0.1, 0.15) is 22.7 Å². The smallest absolute Gasteiger partial charge is 0.270 e. The van der Waals surface area contributed by atoms with Crippen molar-refractivity contribution in [3.05, 3.63) is 42.2 Å². The molecular weight excluding hydrogens is 320 g/mol. The van der Waals surface area contributed by atoms with E-state index in [-0.39, 0.29) is 23.2 Å². The lowest BCUT2D eigenvalue weighted by molar-refractivity contribution is 0.0936. The summed E-state index contributed by atoms with van der Waals surface area (Å²) in [7, 11) is -3.04. The predicted octanol–water partition coefficient (Wildman–Crippen LogP) is 0.599. The minimum Gasteiger partial charge on any atom is -0.467 e. The van der Waals surface area contributed by atoms with E-state index in [1.165, 1.54) is 12.4 Å². The van der Waals surface area contributed by atoms with Crippen molar-refractivity contribution in [1.82, 2.24) is 15.3 Å². The zero-order chi connectivity index (χ0) is 16.3. The zero-order valence-electron chi connectivity index (χ0n) is 12.2. The van der Waals surface area contributed by atoms with E-state index in [0.29, 0.717) is 18.8 Å². The van der Waals surface area contributed by atoms with Gasteiger partial charge in [-0.05, 0) is 18.6 Å². The van der Waals surface area contributed by atoms with Gasteiger partial charge in [-0.1, -0.05) is 0 Å². The molecule has 2 aromatic rings. The monoisotopic (exact) mass is 336 g/mol. The van der Waals surface area contributed by atoms with Crippen molar-refractivity contribution in [2.75, 3.05) is 16.8 Å². The van der Waals surface area contributed by atoms with Gasteiger partial charge in [0.2, 0.25) is 0 Å². The first kappa shape index (κ1) is 15.5. The molecule has 3 rings (SSSR count). The molecule has 3 heterocycles. The van der Waals surface area contributed by atoms with E-state index in [0.717, 1.165) is 5.76 Å². The summed E-state index contributed by atoms with van der Waals surface area (Å²) in [5.74, 6) is 0.910. The fourth-order valence-electron chi connectivity index (χ4n) is 2.34. The molecule has 0 bridgehead atoms. The lowest BCUT2D eigenvalue weighted by atomic mass is 10.2. The van der Waals surface area contributed by atoms with Gasteiger partial charge in [-0.15, -0.1) is 0 Å². The summed E-state index contributed by atoms with van der Waals surface area (Å²) in [5.41, 5.74) is 0.186. The fraction of sp³-hybridized carbons (Fsp3) is 0.357. The Morgan fingerprint density at radius 2 is 2.26 bits per heavy atom. The summed E-state index contributed by atoms with van der Waals surface area (Å²) in [5, 5.41) is 5.72. The molecule has 1 fully saturated rings. The molecule has 8 nitrogen and oxygen atoms in total. The molecule has 1 amide bonds. The summed E-state index contributed by atoms with van der Waals surface area (Å²) in [4.78, 5) is 20.1. The van der Waals surface area contributed by atoms with Crippen LogP contribution in [-0.4, -0.2) is 41.8 Å². The van der Waals surface area contributed by atoms with Crippen molar-refractivity contribution in [3.63, 3.8) is 0 Å². The van der Waals surface area contributed by atoms with Crippen molar-refractivity contribution < 1.29 is 17.6 Å². The van der Waals surface area contributed by atoms with Gasteiger partial charge in [-0.2, -0.15) is 0 Å². The van der Waals surface area contributed by atoms with Crippen molar-refractivity contribution >= 4 is 21.6 Å². The van der Waals surface area contributed by atoms with Crippen LogP contribution in [0.4, 0.5) is 5.82 Å². The molecule has 2 aromatic heterocycles. The Bertz CT molecular complexity index is 789. The quantitative estimate of drug-likeness (QED) is 0.821. The van der Waals surface area contributed by atoms with Crippen molar-refractivity contribution in [1.29, 1.82) is 0 Å². The van der Waals surface area contributed by atoms with Gasteiger partial charge in [0, 0.05) is 12.1 Å². The number of nitrogens with one attached hydrogen (secondary N) is 2. The first-order valence-corrected chi connectivity index (χ1v) is 8.93. The second-order valence-electron chi connectivity index (χ2n) is 5.29. The Morgan fingerprint density at radius 1 is 1.39 bits per heavy atom. The Hall–Kier alpha value is -2.42. The summed E-state index contributed by atoms with van der Waals surface area (Å²) in [6, 6.07) is 4.76. The number of nitrogens with zero attached hydrogens (tertiary/aromatic N) is 2. The van der Waals surface area contributed by atoms with Gasteiger partial charge >= 0.3 is 0 Å². The van der Waals surface area contributed by atoms with Gasteiger partial charge < -0.3 is 15.1 Å². The zero-order valence-corrected chi connectivity index (χ0v) is 13.0. The highest BCUT2D eigenvalue weighted by atomic mass is 32.2. The lowest BCUT2D eigenvalue weighted by Gasteiger charge is -2.11. The van der Waals surface area contributed by atoms with Crippen LogP contribution >= 0.6 is 0 Å². The van der Waals surface area contributed by atoms with Crippen molar-refractivity contribution in [2.45, 2.75) is 19.0 Å². The standard InChI is InChI=1S/C14H16N4O4S/c19-14(18-10-3-5-23(20,21)8-10)12-6-13(17-9-16-12)15-7-11-2-1-4-22-11/h1-2,4,6,9-10H,3,5,7-8H2,(H,18,19)(H,15,16,17). The Labute approximate surface area is 133 Å². The van der Waals surface area contributed by atoms with E-state index < -0.39 is 15.7 Å². The molecule has 1 aliphatic heterocycles. The first-order valence-electron chi connectivity index (χ1n) is 7.11. The predicted molar refractivity (Wildman–Crippen MR) is 82.6 cm³/mol. The van der Waals surface area contributed by atoms with E-state index in [1.807, 2.05) is 6.07 Å².